The van der Waals surface area contributed by atoms with Crippen LogP contribution in [0.4, 0.5) is 0 Å². The lowest BCUT2D eigenvalue weighted by molar-refractivity contribution is -0.121. The number of carbonyl (C=O) groups is 1. The van der Waals surface area contributed by atoms with E-state index in [1.807, 2.05) is 78.1 Å². The fourth-order valence-electron chi connectivity index (χ4n) is 2.59. The van der Waals surface area contributed by atoms with E-state index in [0.717, 1.165) is 28.4 Å². The maximum absolute atomic E-state index is 12.0. The smallest absolute Gasteiger partial charge is 0.242 e. The third-order valence-electron chi connectivity index (χ3n) is 3.89. The zero-order valence-electron chi connectivity index (χ0n) is 14.7. The molecule has 2 aromatic carbocycles. The number of amides is 1. The van der Waals surface area contributed by atoms with Crippen LogP contribution in [0, 0.1) is 0 Å². The fourth-order valence-corrected chi connectivity index (χ4v) is 5.42. The zero-order chi connectivity index (χ0) is 18.2. The Morgan fingerprint density at radius 2 is 1.96 bits per heavy atom. The van der Waals surface area contributed by atoms with Crippen molar-refractivity contribution in [2.45, 2.75) is 24.0 Å². The highest BCUT2D eigenvalue weighted by Gasteiger charge is 2.32. The lowest BCUT2D eigenvalue weighted by atomic mass is 10.2. The number of thioether (sulfide) groups is 2. The van der Waals surface area contributed by atoms with Gasteiger partial charge in [0.05, 0.1) is 16.7 Å². The molecule has 0 atom stereocenters. The number of rotatable bonds is 7. The third-order valence-corrected chi connectivity index (χ3v) is 7.18. The van der Waals surface area contributed by atoms with Crippen molar-refractivity contribution in [3.63, 3.8) is 0 Å². The predicted molar refractivity (Wildman–Crippen MR) is 111 cm³/mol. The second-order valence-electron chi connectivity index (χ2n) is 6.15. The highest BCUT2D eigenvalue weighted by molar-refractivity contribution is 8.21. The van der Waals surface area contributed by atoms with Gasteiger partial charge in [-0.2, -0.15) is 5.10 Å². The number of nitrogens with one attached hydrogen (secondary N) is 1. The van der Waals surface area contributed by atoms with E-state index in [-0.39, 0.29) is 9.99 Å². The minimum Gasteiger partial charge on any atom is -0.489 e. The van der Waals surface area contributed by atoms with E-state index in [0.29, 0.717) is 13.0 Å². The molecule has 0 aliphatic carbocycles. The van der Waals surface area contributed by atoms with Gasteiger partial charge in [-0.25, -0.2) is 5.43 Å². The molecule has 0 unspecified atom stereocenters. The molecule has 1 heterocycles. The Balaban J connectivity index is 1.49. The molecule has 4 nitrogen and oxygen atoms in total. The molecule has 3 rings (SSSR count). The molecule has 26 heavy (non-hydrogen) atoms. The quantitative estimate of drug-likeness (QED) is 0.569. The van der Waals surface area contributed by atoms with Crippen LogP contribution in [0.5, 0.6) is 5.75 Å². The summed E-state index contributed by atoms with van der Waals surface area (Å²) in [5.41, 5.74) is 4.63. The number of hydrazone groups is 1. The van der Waals surface area contributed by atoms with Crippen molar-refractivity contribution in [3.05, 3.63) is 65.7 Å². The Bertz CT molecular complexity index is 759. The topological polar surface area (TPSA) is 50.7 Å². The summed E-state index contributed by atoms with van der Waals surface area (Å²) in [6.45, 7) is 2.64. The number of benzene rings is 2. The largest absolute Gasteiger partial charge is 0.489 e. The first-order valence-corrected chi connectivity index (χ1v) is 10.5. The molecular formula is C20H22N2O2S2. The number of hydrogen-bond donors (Lipinski definition) is 1. The normalized spacial score (nSPS) is 15.9. The van der Waals surface area contributed by atoms with Gasteiger partial charge in [-0.1, -0.05) is 42.5 Å². The minimum atomic E-state index is -0.0536. The molecule has 6 heteroatoms. The molecule has 1 saturated heterocycles. The lowest BCUT2D eigenvalue weighted by Gasteiger charge is -2.19. The van der Waals surface area contributed by atoms with Crippen molar-refractivity contribution in [1.82, 2.24) is 5.43 Å². The molecule has 1 aliphatic heterocycles. The first-order valence-electron chi connectivity index (χ1n) is 8.50. The van der Waals surface area contributed by atoms with Gasteiger partial charge in [-0.3, -0.25) is 4.79 Å². The second-order valence-corrected chi connectivity index (χ2v) is 9.60. The first-order chi connectivity index (χ1) is 12.6. The van der Waals surface area contributed by atoms with E-state index in [9.17, 15) is 4.79 Å². The van der Waals surface area contributed by atoms with Crippen LogP contribution in [-0.2, 0) is 11.4 Å². The molecule has 0 bridgehead atoms. The highest BCUT2D eigenvalue weighted by Crippen LogP contribution is 2.45. The molecule has 0 spiro atoms. The van der Waals surface area contributed by atoms with Crippen LogP contribution in [0.2, 0.25) is 0 Å². The summed E-state index contributed by atoms with van der Waals surface area (Å²) in [5, 5.41) is 4.08. The standard InChI is InChI=1S/C20H22N2O2S2/c1-20(25-10-11-26-20)13-19(23)22-21-14-17-8-5-9-18(12-17)24-15-16-6-3-2-4-7-16/h2-9,12,14H,10-11,13,15H2,1H3,(H,22,23)/b21-14+. The molecule has 1 fully saturated rings. The van der Waals surface area contributed by atoms with Crippen molar-refractivity contribution in [3.8, 4) is 5.75 Å². The lowest BCUT2D eigenvalue weighted by Crippen LogP contribution is -2.26. The monoisotopic (exact) mass is 386 g/mol. The van der Waals surface area contributed by atoms with Gasteiger partial charge in [0.1, 0.15) is 12.4 Å². The first kappa shape index (κ1) is 18.9. The summed E-state index contributed by atoms with van der Waals surface area (Å²) in [4.78, 5) is 12.0. The maximum atomic E-state index is 12.0. The number of ether oxygens (including phenoxy) is 1. The van der Waals surface area contributed by atoms with Crippen molar-refractivity contribution < 1.29 is 9.53 Å². The van der Waals surface area contributed by atoms with E-state index in [2.05, 4.69) is 17.5 Å². The van der Waals surface area contributed by atoms with Crippen LogP contribution in [-0.4, -0.2) is 27.7 Å². The molecule has 0 radical (unpaired) electrons. The van der Waals surface area contributed by atoms with Gasteiger partial charge in [0.2, 0.25) is 5.91 Å². The van der Waals surface area contributed by atoms with Gasteiger partial charge >= 0.3 is 0 Å². The zero-order valence-corrected chi connectivity index (χ0v) is 16.3. The second kappa shape index (κ2) is 9.14. The van der Waals surface area contributed by atoms with Gasteiger partial charge in [0, 0.05) is 11.5 Å². The van der Waals surface area contributed by atoms with Crippen LogP contribution >= 0.6 is 23.5 Å². The SMILES string of the molecule is CC1(CC(=O)N/N=C/c2cccc(OCc3ccccc3)c2)SCCS1. The van der Waals surface area contributed by atoms with Crippen LogP contribution in [0.15, 0.2) is 59.7 Å². The van der Waals surface area contributed by atoms with Crippen LogP contribution in [0.25, 0.3) is 0 Å². The maximum Gasteiger partial charge on any atom is 0.242 e. The Labute approximate surface area is 162 Å². The minimum absolute atomic E-state index is 0.0230. The number of carbonyl (C=O) groups excluding carboxylic acids is 1. The number of hydrogen-bond acceptors (Lipinski definition) is 5. The molecule has 0 saturated carbocycles. The van der Waals surface area contributed by atoms with Crippen molar-refractivity contribution in [2.75, 3.05) is 11.5 Å². The summed E-state index contributed by atoms with van der Waals surface area (Å²) < 4.78 is 5.78. The van der Waals surface area contributed by atoms with Gasteiger partial charge < -0.3 is 4.74 Å². The van der Waals surface area contributed by atoms with Crippen molar-refractivity contribution >= 4 is 35.6 Å². The molecule has 136 valence electrons. The van der Waals surface area contributed by atoms with E-state index < -0.39 is 0 Å². The molecular weight excluding hydrogens is 364 g/mol. The predicted octanol–water partition coefficient (Wildman–Crippen LogP) is 4.30. The van der Waals surface area contributed by atoms with E-state index in [1.54, 1.807) is 6.21 Å². The summed E-state index contributed by atoms with van der Waals surface area (Å²) in [7, 11) is 0. The van der Waals surface area contributed by atoms with Crippen LogP contribution in [0.3, 0.4) is 0 Å². The van der Waals surface area contributed by atoms with Gasteiger partial charge in [-0.05, 0) is 30.2 Å². The van der Waals surface area contributed by atoms with Crippen molar-refractivity contribution in [1.29, 1.82) is 0 Å². The summed E-state index contributed by atoms with van der Waals surface area (Å²) in [6.07, 6.45) is 2.12. The van der Waals surface area contributed by atoms with E-state index in [1.165, 1.54) is 0 Å². The van der Waals surface area contributed by atoms with Gasteiger partial charge in [0.15, 0.2) is 0 Å². The average molecular weight is 387 g/mol. The Kier molecular flexibility index (Phi) is 6.63. The molecule has 2 aromatic rings. The molecule has 1 N–H and O–H groups in total. The fraction of sp³-hybridized carbons (Fsp3) is 0.300. The van der Waals surface area contributed by atoms with E-state index >= 15 is 0 Å². The summed E-state index contributed by atoms with van der Waals surface area (Å²) in [5.74, 6) is 2.93. The third kappa shape index (κ3) is 5.81. The summed E-state index contributed by atoms with van der Waals surface area (Å²) >= 11 is 3.68. The van der Waals surface area contributed by atoms with Crippen LogP contribution < -0.4 is 10.2 Å². The average Bonchev–Trinajstić information content (AvgIpc) is 3.07. The van der Waals surface area contributed by atoms with Crippen LogP contribution in [0.1, 0.15) is 24.5 Å². The van der Waals surface area contributed by atoms with Gasteiger partial charge in [-0.15, -0.1) is 23.5 Å². The molecule has 0 aromatic heterocycles. The van der Waals surface area contributed by atoms with Gasteiger partial charge in [0.25, 0.3) is 0 Å². The Hall–Kier alpha value is -1.92. The number of nitrogens with zero attached hydrogens (tertiary/aromatic N) is 1. The Morgan fingerprint density at radius 1 is 1.19 bits per heavy atom. The molecule has 1 aliphatic rings. The molecule has 1 amide bonds. The highest BCUT2D eigenvalue weighted by atomic mass is 32.2. The Morgan fingerprint density at radius 3 is 2.73 bits per heavy atom. The van der Waals surface area contributed by atoms with E-state index in [4.69, 9.17) is 4.74 Å². The van der Waals surface area contributed by atoms with Crippen molar-refractivity contribution in [2.24, 2.45) is 5.10 Å². The summed E-state index contributed by atoms with van der Waals surface area (Å²) in [6, 6.07) is 17.7.